The Morgan fingerprint density at radius 3 is 1.74 bits per heavy atom. The molecule has 0 radical (unpaired) electrons. The van der Waals surface area contributed by atoms with Crippen LogP contribution in [0.15, 0.2) is 24.3 Å². The molecular weight excluding hydrogens is 258 g/mol. The van der Waals surface area contributed by atoms with E-state index in [4.69, 9.17) is 5.26 Å². The highest BCUT2D eigenvalue weighted by molar-refractivity contribution is 5.66. The summed E-state index contributed by atoms with van der Waals surface area (Å²) in [6.07, 6.45) is 0. The average molecular weight is 265 g/mol. The Morgan fingerprint density at radius 2 is 1.32 bits per heavy atom. The lowest BCUT2D eigenvalue weighted by Gasteiger charge is -2.08. The zero-order chi connectivity index (χ0) is 14.2. The first-order valence-corrected chi connectivity index (χ1v) is 5.29. The van der Waals surface area contributed by atoms with Gasteiger partial charge >= 0.3 is 0 Å². The van der Waals surface area contributed by atoms with Gasteiger partial charge in [0, 0.05) is 0 Å². The zero-order valence-electron chi connectivity index (χ0n) is 9.77. The van der Waals surface area contributed by atoms with Crippen LogP contribution in [0.3, 0.4) is 0 Å². The van der Waals surface area contributed by atoms with Gasteiger partial charge in [-0.05, 0) is 42.3 Å². The average Bonchev–Trinajstić information content (AvgIpc) is 2.26. The number of nitrogens with zero attached hydrogens (tertiary/aromatic N) is 1. The predicted octanol–water partition coefficient (Wildman–Crippen LogP) is 4.09. The fourth-order valence-electron chi connectivity index (χ4n) is 1.80. The number of benzene rings is 2. The molecule has 0 aromatic heterocycles. The van der Waals surface area contributed by atoms with Crippen LogP contribution in [0.25, 0.3) is 11.1 Å². The predicted molar refractivity (Wildman–Crippen MR) is 61.2 cm³/mol. The van der Waals surface area contributed by atoms with Gasteiger partial charge in [0.1, 0.15) is 34.9 Å². The van der Waals surface area contributed by atoms with Crippen LogP contribution in [0.5, 0.6) is 0 Å². The van der Waals surface area contributed by atoms with Crippen molar-refractivity contribution in [2.45, 2.75) is 6.92 Å². The van der Waals surface area contributed by atoms with E-state index in [2.05, 4.69) is 0 Å². The second kappa shape index (κ2) is 4.73. The molecule has 0 aliphatic carbocycles. The number of aryl methyl sites for hydroxylation is 1. The van der Waals surface area contributed by atoms with Crippen LogP contribution >= 0.6 is 0 Å². The normalized spacial score (nSPS) is 10.3. The lowest BCUT2D eigenvalue weighted by molar-refractivity contribution is 0.573. The van der Waals surface area contributed by atoms with E-state index in [0.717, 1.165) is 24.3 Å². The van der Waals surface area contributed by atoms with E-state index in [0.29, 0.717) is 5.56 Å². The Hall–Kier alpha value is -2.35. The van der Waals surface area contributed by atoms with Crippen LogP contribution < -0.4 is 0 Å². The summed E-state index contributed by atoms with van der Waals surface area (Å²) in [7, 11) is 0. The molecule has 0 aliphatic rings. The van der Waals surface area contributed by atoms with Gasteiger partial charge in [0.15, 0.2) is 0 Å². The number of hydrogen-bond acceptors (Lipinski definition) is 1. The second-order valence-electron chi connectivity index (χ2n) is 4.03. The van der Waals surface area contributed by atoms with E-state index in [1.807, 2.05) is 0 Å². The third kappa shape index (κ3) is 2.29. The molecule has 0 spiro atoms. The molecule has 5 heteroatoms. The number of halogens is 4. The third-order valence-corrected chi connectivity index (χ3v) is 2.63. The van der Waals surface area contributed by atoms with Crippen LogP contribution in [-0.2, 0) is 0 Å². The Labute approximate surface area is 106 Å². The minimum absolute atomic E-state index is 0.288. The van der Waals surface area contributed by atoms with Crippen LogP contribution in [0.1, 0.15) is 11.1 Å². The van der Waals surface area contributed by atoms with E-state index in [-0.39, 0.29) is 5.56 Å². The summed E-state index contributed by atoms with van der Waals surface area (Å²) in [5.74, 6) is -4.14. The first-order valence-electron chi connectivity index (χ1n) is 5.29. The van der Waals surface area contributed by atoms with Crippen molar-refractivity contribution in [1.29, 1.82) is 5.26 Å². The second-order valence-corrected chi connectivity index (χ2v) is 4.03. The molecule has 0 fully saturated rings. The minimum atomic E-state index is -1.16. The van der Waals surface area contributed by atoms with Crippen LogP contribution in [0.4, 0.5) is 17.6 Å². The fourth-order valence-corrected chi connectivity index (χ4v) is 1.80. The van der Waals surface area contributed by atoms with Gasteiger partial charge in [-0.3, -0.25) is 0 Å². The summed E-state index contributed by atoms with van der Waals surface area (Å²) in [5.41, 5.74) is -1.23. The molecule has 0 aliphatic heterocycles. The third-order valence-electron chi connectivity index (χ3n) is 2.63. The summed E-state index contributed by atoms with van der Waals surface area (Å²) < 4.78 is 54.3. The van der Waals surface area contributed by atoms with Gasteiger partial charge in [-0.25, -0.2) is 17.6 Å². The smallest absolute Gasteiger partial charge is 0.144 e. The van der Waals surface area contributed by atoms with E-state index < -0.39 is 34.4 Å². The molecule has 0 heterocycles. The summed E-state index contributed by atoms with van der Waals surface area (Å²) in [6.45, 7) is 1.50. The lowest BCUT2D eigenvalue weighted by Crippen LogP contribution is -1.96. The quantitative estimate of drug-likeness (QED) is 0.712. The van der Waals surface area contributed by atoms with Crippen molar-refractivity contribution in [3.63, 3.8) is 0 Å². The van der Waals surface area contributed by atoms with Gasteiger partial charge in [0.2, 0.25) is 0 Å². The van der Waals surface area contributed by atoms with Crippen molar-refractivity contribution in [3.05, 3.63) is 58.7 Å². The maximum atomic E-state index is 13.7. The molecule has 19 heavy (non-hydrogen) atoms. The van der Waals surface area contributed by atoms with Gasteiger partial charge in [0.25, 0.3) is 0 Å². The Bertz CT molecular complexity index is 655. The highest BCUT2D eigenvalue weighted by atomic mass is 19.1. The van der Waals surface area contributed by atoms with Gasteiger partial charge in [-0.1, -0.05) is 0 Å². The Morgan fingerprint density at radius 1 is 0.842 bits per heavy atom. The highest BCUT2D eigenvalue weighted by Gasteiger charge is 2.17. The number of rotatable bonds is 1. The standard InChI is InChI=1S/C14H7F4N/c1-7-2-12(17)14(13(18)3-7)8-4-10(15)9(6-19)11(16)5-8/h2-5H,1H3. The van der Waals surface area contributed by atoms with Crippen LogP contribution in [0, 0.1) is 41.5 Å². The molecule has 0 atom stereocenters. The summed E-state index contributed by atoms with van der Waals surface area (Å²) in [4.78, 5) is 0. The summed E-state index contributed by atoms with van der Waals surface area (Å²) in [5, 5.41) is 8.53. The van der Waals surface area contributed by atoms with Crippen LogP contribution in [-0.4, -0.2) is 0 Å². The zero-order valence-corrected chi connectivity index (χ0v) is 9.77. The molecule has 0 amide bonds. The van der Waals surface area contributed by atoms with Crippen molar-refractivity contribution < 1.29 is 17.6 Å². The van der Waals surface area contributed by atoms with Gasteiger partial charge < -0.3 is 0 Å². The summed E-state index contributed by atoms with van der Waals surface area (Å²) >= 11 is 0. The van der Waals surface area contributed by atoms with Crippen LogP contribution in [0.2, 0.25) is 0 Å². The Kier molecular flexibility index (Phi) is 3.26. The van der Waals surface area contributed by atoms with E-state index >= 15 is 0 Å². The molecule has 2 rings (SSSR count). The molecule has 2 aromatic rings. The van der Waals surface area contributed by atoms with E-state index in [1.165, 1.54) is 13.0 Å². The number of nitriles is 1. The maximum Gasteiger partial charge on any atom is 0.144 e. The first kappa shape index (κ1) is 13.1. The van der Waals surface area contributed by atoms with Crippen molar-refractivity contribution in [3.8, 4) is 17.2 Å². The lowest BCUT2D eigenvalue weighted by atomic mass is 10.0. The molecular formula is C14H7F4N. The largest absolute Gasteiger partial charge is 0.206 e. The van der Waals surface area contributed by atoms with E-state index in [9.17, 15) is 17.6 Å². The monoisotopic (exact) mass is 265 g/mol. The van der Waals surface area contributed by atoms with Gasteiger partial charge in [-0.2, -0.15) is 5.26 Å². The van der Waals surface area contributed by atoms with Gasteiger partial charge in [-0.15, -0.1) is 0 Å². The Balaban J connectivity index is 2.71. The van der Waals surface area contributed by atoms with Crippen molar-refractivity contribution in [1.82, 2.24) is 0 Å². The minimum Gasteiger partial charge on any atom is -0.206 e. The molecule has 0 bridgehead atoms. The summed E-state index contributed by atoms with van der Waals surface area (Å²) in [6, 6.07) is 4.94. The van der Waals surface area contributed by atoms with Crippen molar-refractivity contribution >= 4 is 0 Å². The molecule has 96 valence electrons. The van der Waals surface area contributed by atoms with Gasteiger partial charge in [0.05, 0.1) is 5.56 Å². The molecule has 1 nitrogen and oxygen atoms in total. The molecule has 2 aromatic carbocycles. The topological polar surface area (TPSA) is 23.8 Å². The SMILES string of the molecule is Cc1cc(F)c(-c2cc(F)c(C#N)c(F)c2)c(F)c1. The fraction of sp³-hybridized carbons (Fsp3) is 0.0714. The molecule has 0 N–H and O–H groups in total. The van der Waals surface area contributed by atoms with E-state index in [1.54, 1.807) is 0 Å². The molecule has 0 saturated heterocycles. The van der Waals surface area contributed by atoms with Crippen molar-refractivity contribution in [2.24, 2.45) is 0 Å². The van der Waals surface area contributed by atoms with Crippen molar-refractivity contribution in [2.75, 3.05) is 0 Å². The highest BCUT2D eigenvalue weighted by Crippen LogP contribution is 2.29. The molecule has 0 saturated carbocycles. The maximum absolute atomic E-state index is 13.7. The first-order chi connectivity index (χ1) is 8.93. The number of hydrogen-bond donors (Lipinski definition) is 0. The molecule has 0 unspecified atom stereocenters.